The molecule has 1 atom stereocenters. The molecule has 1 aromatic rings. The van der Waals surface area contributed by atoms with E-state index in [1.165, 1.54) is 5.06 Å². The minimum Gasteiger partial charge on any atom is -0.312 e. The predicted molar refractivity (Wildman–Crippen MR) is 79.7 cm³/mol. The fourth-order valence-electron chi connectivity index (χ4n) is 1.90. The largest absolute Gasteiger partial charge is 0.312 e. The summed E-state index contributed by atoms with van der Waals surface area (Å²) in [7, 11) is 0. The minimum absolute atomic E-state index is 0.0999. The second kappa shape index (κ2) is 8.74. The highest BCUT2D eigenvalue weighted by Crippen LogP contribution is 2.12. The number of rotatable bonds is 6. The molecule has 2 nitrogen and oxygen atoms in total. The lowest BCUT2D eigenvalue weighted by Crippen LogP contribution is -2.34. The molecule has 19 heavy (non-hydrogen) atoms. The van der Waals surface area contributed by atoms with Crippen LogP contribution in [0.2, 0.25) is 0 Å². The summed E-state index contributed by atoms with van der Waals surface area (Å²) in [6, 6.07) is 9.89. The van der Waals surface area contributed by atoms with E-state index in [1.54, 1.807) is 0 Å². The lowest BCUT2D eigenvalue weighted by atomic mass is 10.0. The van der Waals surface area contributed by atoms with Gasteiger partial charge in [-0.1, -0.05) is 63.4 Å². The van der Waals surface area contributed by atoms with Gasteiger partial charge in [-0.05, 0) is 17.9 Å². The maximum atomic E-state index is 10.2. The van der Waals surface area contributed by atoms with Gasteiger partial charge in [0.05, 0.1) is 12.6 Å². The Morgan fingerprint density at radius 1 is 1.21 bits per heavy atom. The fourth-order valence-corrected chi connectivity index (χ4v) is 1.90. The summed E-state index contributed by atoms with van der Waals surface area (Å²) in [4.78, 5) is 0. The predicted octanol–water partition coefficient (Wildman–Crippen LogP) is 4.10. The van der Waals surface area contributed by atoms with E-state index in [1.807, 2.05) is 30.3 Å². The van der Waals surface area contributed by atoms with E-state index >= 15 is 0 Å². The van der Waals surface area contributed by atoms with E-state index in [2.05, 4.69) is 32.6 Å². The zero-order chi connectivity index (χ0) is 14.1. The summed E-state index contributed by atoms with van der Waals surface area (Å²) in [6.45, 7) is 6.86. The molecule has 0 aliphatic carbocycles. The molecule has 0 heterocycles. The van der Waals surface area contributed by atoms with Gasteiger partial charge in [-0.25, -0.2) is 0 Å². The fraction of sp³-hybridized carbons (Fsp3) is 0.529. The summed E-state index contributed by atoms with van der Waals surface area (Å²) in [5.41, 5.74) is 1.10. The Hall–Kier alpha value is -1.30. The molecular formula is C17H25NO. The summed E-state index contributed by atoms with van der Waals surface area (Å²) in [5, 5.41) is 11.6. The summed E-state index contributed by atoms with van der Waals surface area (Å²) in [5.74, 6) is 6.69. The van der Waals surface area contributed by atoms with Crippen molar-refractivity contribution >= 4 is 0 Å². The monoisotopic (exact) mass is 259 g/mol. The van der Waals surface area contributed by atoms with E-state index in [9.17, 15) is 5.21 Å². The molecule has 0 fully saturated rings. The molecule has 0 radical (unpaired) electrons. The van der Waals surface area contributed by atoms with Crippen LogP contribution in [-0.4, -0.2) is 16.3 Å². The van der Waals surface area contributed by atoms with E-state index in [0.717, 1.165) is 24.8 Å². The highest BCUT2D eigenvalue weighted by Gasteiger charge is 2.18. The second-order valence-corrected chi connectivity index (χ2v) is 5.20. The molecule has 0 spiro atoms. The highest BCUT2D eigenvalue weighted by molar-refractivity contribution is 5.15. The standard InChI is InChI=1S/C17H25NO/c1-4-5-6-10-13-17(15(2)3)18(19)14-16-11-8-7-9-12-16/h7-9,11-12,15,17,19H,4-6,14H2,1-3H3. The first-order valence-electron chi connectivity index (χ1n) is 7.13. The highest BCUT2D eigenvalue weighted by atomic mass is 16.5. The first-order chi connectivity index (χ1) is 9.15. The van der Waals surface area contributed by atoms with Crippen LogP contribution in [0.5, 0.6) is 0 Å². The van der Waals surface area contributed by atoms with Gasteiger partial charge in [-0.3, -0.25) is 0 Å². The van der Waals surface area contributed by atoms with E-state index in [4.69, 9.17) is 0 Å². The normalized spacial score (nSPS) is 12.3. The average Bonchev–Trinajstić information content (AvgIpc) is 2.39. The van der Waals surface area contributed by atoms with Crippen molar-refractivity contribution in [1.82, 2.24) is 5.06 Å². The molecule has 0 bridgehead atoms. The SMILES string of the molecule is CCCCC#CC(C(C)C)N(O)Cc1ccccc1. The molecule has 0 aromatic heterocycles. The molecule has 0 saturated carbocycles. The molecule has 2 heteroatoms. The van der Waals surface area contributed by atoms with Gasteiger partial charge in [0.25, 0.3) is 0 Å². The Labute approximate surface area is 117 Å². The molecule has 0 aliphatic rings. The van der Waals surface area contributed by atoms with Crippen molar-refractivity contribution in [3.63, 3.8) is 0 Å². The van der Waals surface area contributed by atoms with Gasteiger partial charge in [0.2, 0.25) is 0 Å². The molecule has 1 aromatic carbocycles. The molecule has 0 saturated heterocycles. The lowest BCUT2D eigenvalue weighted by Gasteiger charge is -2.24. The van der Waals surface area contributed by atoms with Crippen LogP contribution in [-0.2, 0) is 6.54 Å². The van der Waals surface area contributed by atoms with Gasteiger partial charge < -0.3 is 5.21 Å². The molecule has 1 rings (SSSR count). The van der Waals surface area contributed by atoms with E-state index in [-0.39, 0.29) is 6.04 Å². The Bertz CT molecular complexity index is 402. The van der Waals surface area contributed by atoms with Gasteiger partial charge in [0.1, 0.15) is 0 Å². The van der Waals surface area contributed by atoms with Crippen LogP contribution in [0.4, 0.5) is 0 Å². The number of benzene rings is 1. The molecular weight excluding hydrogens is 234 g/mol. The van der Waals surface area contributed by atoms with Crippen LogP contribution in [0.3, 0.4) is 0 Å². The topological polar surface area (TPSA) is 23.5 Å². The Balaban J connectivity index is 2.62. The average molecular weight is 259 g/mol. The Morgan fingerprint density at radius 2 is 1.89 bits per heavy atom. The lowest BCUT2D eigenvalue weighted by molar-refractivity contribution is -0.129. The molecule has 0 aliphatic heterocycles. The van der Waals surface area contributed by atoms with Crippen LogP contribution in [0.15, 0.2) is 30.3 Å². The van der Waals surface area contributed by atoms with Crippen molar-refractivity contribution in [3.8, 4) is 11.8 Å². The number of nitrogens with zero attached hydrogens (tertiary/aromatic N) is 1. The van der Waals surface area contributed by atoms with Crippen LogP contribution in [0.25, 0.3) is 0 Å². The van der Waals surface area contributed by atoms with Gasteiger partial charge in [0, 0.05) is 6.42 Å². The zero-order valence-electron chi connectivity index (χ0n) is 12.3. The molecule has 0 amide bonds. The van der Waals surface area contributed by atoms with Crippen molar-refractivity contribution in [2.45, 2.75) is 52.6 Å². The maximum absolute atomic E-state index is 10.2. The van der Waals surface area contributed by atoms with Crippen molar-refractivity contribution < 1.29 is 5.21 Å². The number of hydrogen-bond acceptors (Lipinski definition) is 2. The minimum atomic E-state index is -0.0999. The molecule has 1 unspecified atom stereocenters. The van der Waals surface area contributed by atoms with Gasteiger partial charge in [-0.2, -0.15) is 5.06 Å². The first kappa shape index (κ1) is 15.8. The third kappa shape index (κ3) is 5.92. The first-order valence-corrected chi connectivity index (χ1v) is 7.13. The van der Waals surface area contributed by atoms with Gasteiger partial charge in [0.15, 0.2) is 0 Å². The van der Waals surface area contributed by atoms with Crippen LogP contribution in [0.1, 0.15) is 45.6 Å². The third-order valence-corrected chi connectivity index (χ3v) is 3.05. The molecule has 1 N–H and O–H groups in total. The Kier molecular flexibility index (Phi) is 7.25. The van der Waals surface area contributed by atoms with Crippen LogP contribution < -0.4 is 0 Å². The van der Waals surface area contributed by atoms with E-state index < -0.39 is 0 Å². The number of hydroxylamine groups is 2. The van der Waals surface area contributed by atoms with Crippen LogP contribution in [0, 0.1) is 17.8 Å². The quantitative estimate of drug-likeness (QED) is 0.472. The second-order valence-electron chi connectivity index (χ2n) is 5.20. The smallest absolute Gasteiger partial charge is 0.0982 e. The summed E-state index contributed by atoms with van der Waals surface area (Å²) >= 11 is 0. The number of hydrogen-bond donors (Lipinski definition) is 1. The van der Waals surface area contributed by atoms with Crippen molar-refractivity contribution in [1.29, 1.82) is 0 Å². The maximum Gasteiger partial charge on any atom is 0.0982 e. The summed E-state index contributed by atoms with van der Waals surface area (Å²) < 4.78 is 0. The van der Waals surface area contributed by atoms with Crippen molar-refractivity contribution in [2.24, 2.45) is 5.92 Å². The van der Waals surface area contributed by atoms with E-state index in [0.29, 0.717) is 12.5 Å². The Morgan fingerprint density at radius 3 is 2.47 bits per heavy atom. The van der Waals surface area contributed by atoms with Gasteiger partial charge >= 0.3 is 0 Å². The third-order valence-electron chi connectivity index (χ3n) is 3.05. The van der Waals surface area contributed by atoms with Crippen LogP contribution >= 0.6 is 0 Å². The van der Waals surface area contributed by atoms with Crippen molar-refractivity contribution in [2.75, 3.05) is 0 Å². The van der Waals surface area contributed by atoms with Gasteiger partial charge in [-0.15, -0.1) is 5.92 Å². The number of unbranched alkanes of at least 4 members (excludes halogenated alkanes) is 2. The summed E-state index contributed by atoms with van der Waals surface area (Å²) in [6.07, 6.45) is 3.20. The zero-order valence-corrected chi connectivity index (χ0v) is 12.3. The molecule has 104 valence electrons. The van der Waals surface area contributed by atoms with Crippen molar-refractivity contribution in [3.05, 3.63) is 35.9 Å².